The molecule has 0 bridgehead atoms. The van der Waals surface area contributed by atoms with Crippen LogP contribution in [-0.4, -0.2) is 47.2 Å². The van der Waals surface area contributed by atoms with E-state index in [-0.39, 0.29) is 11.2 Å². The molecule has 0 radical (unpaired) electrons. The Labute approximate surface area is 107 Å². The van der Waals surface area contributed by atoms with E-state index in [4.69, 9.17) is 0 Å². The summed E-state index contributed by atoms with van der Waals surface area (Å²) in [7, 11) is 0. The van der Waals surface area contributed by atoms with Gasteiger partial charge in [0.15, 0.2) is 0 Å². The summed E-state index contributed by atoms with van der Waals surface area (Å²) in [4.78, 5) is 20.1. The standard InChI is InChI=1S/C12H17N3OS/c1-10(17)12(16)15-8-6-14(7-9-15)11-4-2-3-5-13-11/h2-5,10,17H,6-9H2,1H3. The molecular formula is C12H17N3OS. The number of aromatic nitrogens is 1. The Morgan fingerprint density at radius 1 is 1.35 bits per heavy atom. The zero-order valence-electron chi connectivity index (χ0n) is 9.91. The summed E-state index contributed by atoms with van der Waals surface area (Å²) in [6.45, 7) is 4.99. The lowest BCUT2D eigenvalue weighted by Gasteiger charge is -2.36. The molecule has 1 unspecified atom stereocenters. The van der Waals surface area contributed by atoms with Gasteiger partial charge in [0, 0.05) is 32.4 Å². The molecule has 1 aromatic heterocycles. The van der Waals surface area contributed by atoms with E-state index in [1.807, 2.05) is 30.0 Å². The second-order valence-electron chi connectivity index (χ2n) is 4.18. The first kappa shape index (κ1) is 12.2. The second-order valence-corrected chi connectivity index (χ2v) is 4.95. The molecule has 0 saturated carbocycles. The monoisotopic (exact) mass is 251 g/mol. The van der Waals surface area contributed by atoms with E-state index in [2.05, 4.69) is 22.5 Å². The Kier molecular flexibility index (Phi) is 3.89. The maximum atomic E-state index is 11.8. The number of amides is 1. The summed E-state index contributed by atoms with van der Waals surface area (Å²) < 4.78 is 0. The van der Waals surface area contributed by atoms with Crippen LogP contribution in [0, 0.1) is 0 Å². The van der Waals surface area contributed by atoms with E-state index in [0.29, 0.717) is 0 Å². The number of thiol groups is 1. The Morgan fingerprint density at radius 2 is 2.06 bits per heavy atom. The van der Waals surface area contributed by atoms with Crippen molar-refractivity contribution in [2.45, 2.75) is 12.2 Å². The minimum absolute atomic E-state index is 0.119. The van der Waals surface area contributed by atoms with Crippen molar-refractivity contribution in [1.82, 2.24) is 9.88 Å². The molecule has 92 valence electrons. The molecule has 0 aliphatic carbocycles. The highest BCUT2D eigenvalue weighted by Gasteiger charge is 2.23. The van der Waals surface area contributed by atoms with Crippen LogP contribution in [0.1, 0.15) is 6.92 Å². The summed E-state index contributed by atoms with van der Waals surface area (Å²) in [5.41, 5.74) is 0. The van der Waals surface area contributed by atoms with E-state index in [1.54, 1.807) is 6.20 Å². The van der Waals surface area contributed by atoms with Crippen LogP contribution in [-0.2, 0) is 4.79 Å². The van der Waals surface area contributed by atoms with Gasteiger partial charge in [0.25, 0.3) is 0 Å². The third-order valence-electron chi connectivity index (χ3n) is 2.92. The van der Waals surface area contributed by atoms with Gasteiger partial charge in [-0.2, -0.15) is 12.6 Å². The number of hydrogen-bond donors (Lipinski definition) is 1. The van der Waals surface area contributed by atoms with Gasteiger partial charge in [-0.25, -0.2) is 4.98 Å². The summed E-state index contributed by atoms with van der Waals surface area (Å²) in [6, 6.07) is 5.89. The van der Waals surface area contributed by atoms with Crippen molar-refractivity contribution in [1.29, 1.82) is 0 Å². The van der Waals surface area contributed by atoms with Crippen LogP contribution < -0.4 is 4.90 Å². The minimum atomic E-state index is -0.212. The summed E-state index contributed by atoms with van der Waals surface area (Å²) >= 11 is 4.18. The topological polar surface area (TPSA) is 36.4 Å². The van der Waals surface area contributed by atoms with E-state index in [9.17, 15) is 4.79 Å². The second kappa shape index (κ2) is 5.40. The average molecular weight is 251 g/mol. The fourth-order valence-corrected chi connectivity index (χ4v) is 2.12. The van der Waals surface area contributed by atoms with Crippen molar-refractivity contribution in [2.75, 3.05) is 31.1 Å². The van der Waals surface area contributed by atoms with Crippen LogP contribution in [0.25, 0.3) is 0 Å². The van der Waals surface area contributed by atoms with Gasteiger partial charge in [-0.05, 0) is 19.1 Å². The van der Waals surface area contributed by atoms with Gasteiger partial charge in [0.05, 0.1) is 5.25 Å². The van der Waals surface area contributed by atoms with Gasteiger partial charge >= 0.3 is 0 Å². The summed E-state index contributed by atoms with van der Waals surface area (Å²) in [5.74, 6) is 1.10. The number of piperazine rings is 1. The molecule has 1 amide bonds. The lowest BCUT2D eigenvalue weighted by molar-refractivity contribution is -0.130. The lowest BCUT2D eigenvalue weighted by atomic mass is 10.2. The minimum Gasteiger partial charge on any atom is -0.353 e. The quantitative estimate of drug-likeness (QED) is 0.798. The SMILES string of the molecule is CC(S)C(=O)N1CCN(c2ccccn2)CC1. The van der Waals surface area contributed by atoms with E-state index in [0.717, 1.165) is 32.0 Å². The molecule has 0 aromatic carbocycles. The molecule has 1 aromatic rings. The largest absolute Gasteiger partial charge is 0.353 e. The molecule has 1 aliphatic heterocycles. The molecule has 4 nitrogen and oxygen atoms in total. The molecular weight excluding hydrogens is 234 g/mol. The Balaban J connectivity index is 1.93. The summed E-state index contributed by atoms with van der Waals surface area (Å²) in [5, 5.41) is -0.212. The van der Waals surface area contributed by atoms with Crippen LogP contribution in [0.4, 0.5) is 5.82 Å². The number of carbonyl (C=O) groups excluding carboxylic acids is 1. The predicted octanol–water partition coefficient (Wildman–Crippen LogP) is 1.05. The molecule has 1 aliphatic rings. The van der Waals surface area contributed by atoms with E-state index >= 15 is 0 Å². The highest BCUT2D eigenvalue weighted by atomic mass is 32.1. The first-order valence-corrected chi connectivity index (χ1v) is 6.33. The molecule has 0 spiro atoms. The van der Waals surface area contributed by atoms with Crippen molar-refractivity contribution in [3.05, 3.63) is 24.4 Å². The van der Waals surface area contributed by atoms with Gasteiger partial charge in [-0.15, -0.1) is 0 Å². The maximum Gasteiger partial charge on any atom is 0.235 e. The lowest BCUT2D eigenvalue weighted by Crippen LogP contribution is -2.50. The fraction of sp³-hybridized carbons (Fsp3) is 0.500. The molecule has 2 rings (SSSR count). The highest BCUT2D eigenvalue weighted by molar-refractivity contribution is 7.81. The Bertz CT molecular complexity index is 375. The molecule has 1 saturated heterocycles. The molecule has 0 N–H and O–H groups in total. The van der Waals surface area contributed by atoms with Gasteiger partial charge in [-0.3, -0.25) is 4.79 Å². The van der Waals surface area contributed by atoms with Crippen LogP contribution in [0.15, 0.2) is 24.4 Å². The van der Waals surface area contributed by atoms with E-state index in [1.165, 1.54) is 0 Å². The Morgan fingerprint density at radius 3 is 2.59 bits per heavy atom. The molecule has 17 heavy (non-hydrogen) atoms. The van der Waals surface area contributed by atoms with E-state index < -0.39 is 0 Å². The van der Waals surface area contributed by atoms with Crippen LogP contribution in [0.2, 0.25) is 0 Å². The number of carbonyl (C=O) groups is 1. The van der Waals surface area contributed by atoms with Crippen molar-refractivity contribution in [2.24, 2.45) is 0 Å². The Hall–Kier alpha value is -1.23. The summed E-state index contributed by atoms with van der Waals surface area (Å²) in [6.07, 6.45) is 1.79. The number of pyridine rings is 1. The molecule has 1 fully saturated rings. The molecule has 2 heterocycles. The number of hydrogen-bond acceptors (Lipinski definition) is 4. The smallest absolute Gasteiger partial charge is 0.235 e. The first-order valence-electron chi connectivity index (χ1n) is 5.81. The van der Waals surface area contributed by atoms with Crippen LogP contribution in [0.5, 0.6) is 0 Å². The van der Waals surface area contributed by atoms with Gasteiger partial charge in [0.2, 0.25) is 5.91 Å². The number of rotatable bonds is 2. The zero-order valence-corrected chi connectivity index (χ0v) is 10.8. The van der Waals surface area contributed by atoms with Crippen molar-refractivity contribution in [3.63, 3.8) is 0 Å². The average Bonchev–Trinajstić information content (AvgIpc) is 2.39. The number of anilines is 1. The normalized spacial score (nSPS) is 18.0. The maximum absolute atomic E-state index is 11.8. The van der Waals surface area contributed by atoms with Crippen molar-refractivity contribution in [3.8, 4) is 0 Å². The van der Waals surface area contributed by atoms with Crippen molar-refractivity contribution >= 4 is 24.4 Å². The fourth-order valence-electron chi connectivity index (χ4n) is 1.96. The predicted molar refractivity (Wildman–Crippen MR) is 71.5 cm³/mol. The molecule has 5 heteroatoms. The third-order valence-corrected chi connectivity index (χ3v) is 3.14. The number of nitrogens with zero attached hydrogens (tertiary/aromatic N) is 3. The zero-order chi connectivity index (χ0) is 12.3. The highest BCUT2D eigenvalue weighted by Crippen LogP contribution is 2.13. The first-order chi connectivity index (χ1) is 8.18. The van der Waals surface area contributed by atoms with Gasteiger partial charge in [-0.1, -0.05) is 6.07 Å². The van der Waals surface area contributed by atoms with Gasteiger partial charge < -0.3 is 9.80 Å². The van der Waals surface area contributed by atoms with Crippen LogP contribution >= 0.6 is 12.6 Å². The van der Waals surface area contributed by atoms with Gasteiger partial charge in [0.1, 0.15) is 5.82 Å². The van der Waals surface area contributed by atoms with Crippen LogP contribution in [0.3, 0.4) is 0 Å². The third kappa shape index (κ3) is 2.91. The molecule has 1 atom stereocenters. The van der Waals surface area contributed by atoms with Crippen molar-refractivity contribution < 1.29 is 4.79 Å².